The van der Waals surface area contributed by atoms with E-state index in [1.165, 1.54) is 49.8 Å². The Morgan fingerprint density at radius 3 is 2.20 bits per heavy atom. The molecule has 0 saturated carbocycles. The van der Waals surface area contributed by atoms with Gasteiger partial charge in [0.25, 0.3) is 0 Å². The molecule has 5 heteroatoms. The summed E-state index contributed by atoms with van der Waals surface area (Å²) in [6.07, 6.45) is 13.5. The summed E-state index contributed by atoms with van der Waals surface area (Å²) in [4.78, 5) is 5.08. The van der Waals surface area contributed by atoms with E-state index in [0.29, 0.717) is 6.04 Å². The van der Waals surface area contributed by atoms with Crippen LogP contribution in [0.5, 0.6) is 5.75 Å². The fourth-order valence-corrected chi connectivity index (χ4v) is 5.51. The van der Waals surface area contributed by atoms with Gasteiger partial charge < -0.3 is 19.1 Å². The van der Waals surface area contributed by atoms with Gasteiger partial charge in [-0.25, -0.2) is 0 Å². The molecule has 1 saturated heterocycles. The van der Waals surface area contributed by atoms with Crippen LogP contribution >= 0.6 is 0 Å². The van der Waals surface area contributed by atoms with E-state index in [2.05, 4.69) is 109 Å². The summed E-state index contributed by atoms with van der Waals surface area (Å²) < 4.78 is 17.4. The first kappa shape index (κ1) is 40.9. The fourth-order valence-electron chi connectivity index (χ4n) is 5.51. The highest BCUT2D eigenvalue weighted by Crippen LogP contribution is 2.25. The number of allylic oxidation sites excluding steroid dienone is 4. The molecule has 0 aliphatic carbocycles. The molecular formula is C40H70N2O3. The molecule has 2 rings (SSSR count). The Morgan fingerprint density at radius 1 is 0.933 bits per heavy atom. The van der Waals surface area contributed by atoms with Crippen molar-refractivity contribution in [3.05, 3.63) is 58.9 Å². The van der Waals surface area contributed by atoms with E-state index in [1.54, 1.807) is 5.57 Å². The average molecular weight is 627 g/mol. The lowest BCUT2D eigenvalue weighted by Crippen LogP contribution is -2.38. The van der Waals surface area contributed by atoms with Crippen molar-refractivity contribution in [2.24, 2.45) is 5.92 Å². The molecule has 0 spiro atoms. The molecule has 0 radical (unpaired) electrons. The summed E-state index contributed by atoms with van der Waals surface area (Å²) in [7, 11) is 0. The Labute approximate surface area is 279 Å². The van der Waals surface area contributed by atoms with Crippen molar-refractivity contribution in [2.45, 2.75) is 127 Å². The molecule has 258 valence electrons. The SMILES string of the molecule is CCC=C(C)CCC(C)CN1CCOCC1.CCCC(C)N(CC)CCCOc1ccc(C(O/C=C(\C)CC)=C(C)CC)cc1. The summed E-state index contributed by atoms with van der Waals surface area (Å²) in [6, 6.07) is 8.95. The zero-order chi connectivity index (χ0) is 33.5. The van der Waals surface area contributed by atoms with Crippen LogP contribution in [0.15, 0.2) is 53.3 Å². The molecule has 0 aromatic heterocycles. The van der Waals surface area contributed by atoms with Gasteiger partial charge in [-0.05, 0) is 121 Å². The van der Waals surface area contributed by atoms with Crippen molar-refractivity contribution < 1.29 is 14.2 Å². The smallest absolute Gasteiger partial charge is 0.132 e. The molecule has 1 aromatic carbocycles. The van der Waals surface area contributed by atoms with Crippen LogP contribution in [-0.2, 0) is 9.47 Å². The van der Waals surface area contributed by atoms with Gasteiger partial charge in [0.15, 0.2) is 0 Å². The number of ether oxygens (including phenoxy) is 3. The molecule has 1 aliphatic heterocycles. The average Bonchev–Trinajstić information content (AvgIpc) is 3.05. The second-order valence-electron chi connectivity index (χ2n) is 12.9. The van der Waals surface area contributed by atoms with Crippen LogP contribution in [-0.4, -0.2) is 68.4 Å². The number of nitrogens with zero attached hydrogens (tertiary/aromatic N) is 2. The maximum atomic E-state index is 6.02. The molecular weight excluding hydrogens is 556 g/mol. The van der Waals surface area contributed by atoms with Gasteiger partial charge in [-0.2, -0.15) is 0 Å². The molecule has 2 unspecified atom stereocenters. The first-order valence-electron chi connectivity index (χ1n) is 18.1. The monoisotopic (exact) mass is 627 g/mol. The molecule has 1 fully saturated rings. The number of hydrogen-bond donors (Lipinski definition) is 0. The molecule has 5 nitrogen and oxygen atoms in total. The maximum Gasteiger partial charge on any atom is 0.132 e. The third-order valence-electron chi connectivity index (χ3n) is 8.82. The van der Waals surface area contributed by atoms with Crippen molar-refractivity contribution in [3.63, 3.8) is 0 Å². The Kier molecular flexibility index (Phi) is 22.8. The predicted molar refractivity (Wildman–Crippen MR) is 196 cm³/mol. The molecule has 0 N–H and O–H groups in total. The van der Waals surface area contributed by atoms with Crippen molar-refractivity contribution in [1.82, 2.24) is 9.80 Å². The highest BCUT2D eigenvalue weighted by Gasteiger charge is 2.14. The van der Waals surface area contributed by atoms with Crippen molar-refractivity contribution in [1.29, 1.82) is 0 Å². The van der Waals surface area contributed by atoms with Crippen LogP contribution in [0.25, 0.3) is 5.76 Å². The van der Waals surface area contributed by atoms with Gasteiger partial charge in [-0.1, -0.05) is 59.6 Å². The van der Waals surface area contributed by atoms with Gasteiger partial charge in [0, 0.05) is 37.8 Å². The van der Waals surface area contributed by atoms with E-state index in [4.69, 9.17) is 14.2 Å². The summed E-state index contributed by atoms with van der Waals surface area (Å²) in [5.74, 6) is 2.68. The number of benzene rings is 1. The summed E-state index contributed by atoms with van der Waals surface area (Å²) >= 11 is 0. The van der Waals surface area contributed by atoms with Gasteiger partial charge in [-0.15, -0.1) is 0 Å². The van der Waals surface area contributed by atoms with Gasteiger partial charge in [0.1, 0.15) is 11.5 Å². The van der Waals surface area contributed by atoms with Crippen molar-refractivity contribution in [2.75, 3.05) is 52.5 Å². The first-order chi connectivity index (χ1) is 21.7. The van der Waals surface area contributed by atoms with Crippen molar-refractivity contribution >= 4 is 5.76 Å². The topological polar surface area (TPSA) is 34.2 Å². The third-order valence-corrected chi connectivity index (χ3v) is 8.82. The molecule has 0 amide bonds. The van der Waals surface area contributed by atoms with Crippen LogP contribution in [0.3, 0.4) is 0 Å². The molecule has 2 atom stereocenters. The lowest BCUT2D eigenvalue weighted by atomic mass is 10.0. The van der Waals surface area contributed by atoms with E-state index in [9.17, 15) is 0 Å². The Morgan fingerprint density at radius 2 is 1.62 bits per heavy atom. The standard InChI is InChI=1S/C26H43NO2.C14H27NO/c1-8-13-23(7)27(11-4)18-12-19-28-25-16-14-24(15-17-25)26(22(6)10-3)29-20-21(5)9-2;1-4-5-13(2)6-7-14(3)12-15-8-10-16-11-9-15/h14-17,20,23H,8-13,18-19H2,1-7H3;5,14H,4,6-12H2,1-3H3/b21-20+,26-22?;. The van der Waals surface area contributed by atoms with Crippen LogP contribution < -0.4 is 4.74 Å². The quantitative estimate of drug-likeness (QED) is 0.0817. The van der Waals surface area contributed by atoms with Gasteiger partial charge in [-0.3, -0.25) is 4.90 Å². The van der Waals surface area contributed by atoms with E-state index < -0.39 is 0 Å². The second kappa shape index (κ2) is 25.1. The van der Waals surface area contributed by atoms with Crippen LogP contribution in [0.2, 0.25) is 0 Å². The highest BCUT2D eigenvalue weighted by atomic mass is 16.5. The Balaban J connectivity index is 0.000000532. The summed E-state index contributed by atoms with van der Waals surface area (Å²) in [5, 5.41) is 0. The van der Waals surface area contributed by atoms with E-state index in [-0.39, 0.29) is 0 Å². The zero-order valence-electron chi connectivity index (χ0n) is 31.1. The summed E-state index contributed by atoms with van der Waals surface area (Å²) in [6.45, 7) is 30.5. The Bertz CT molecular complexity index is 976. The number of hydrogen-bond acceptors (Lipinski definition) is 5. The lowest BCUT2D eigenvalue weighted by Gasteiger charge is -2.29. The minimum atomic E-state index is 0.654. The number of rotatable bonds is 20. The molecule has 1 heterocycles. The minimum Gasteiger partial charge on any atom is -0.494 e. The fraction of sp³-hybridized carbons (Fsp3) is 0.700. The molecule has 0 bridgehead atoms. The number of morpholine rings is 1. The lowest BCUT2D eigenvalue weighted by molar-refractivity contribution is 0.0313. The zero-order valence-corrected chi connectivity index (χ0v) is 31.1. The molecule has 1 aliphatic rings. The van der Waals surface area contributed by atoms with Crippen LogP contribution in [0.1, 0.15) is 126 Å². The first-order valence-corrected chi connectivity index (χ1v) is 18.1. The van der Waals surface area contributed by atoms with Gasteiger partial charge in [0.2, 0.25) is 0 Å². The van der Waals surface area contributed by atoms with E-state index in [1.807, 2.05) is 6.26 Å². The third kappa shape index (κ3) is 18.0. The minimum absolute atomic E-state index is 0.654. The van der Waals surface area contributed by atoms with Gasteiger partial charge in [0.05, 0.1) is 26.1 Å². The second-order valence-corrected chi connectivity index (χ2v) is 12.9. The van der Waals surface area contributed by atoms with Crippen LogP contribution in [0, 0.1) is 5.92 Å². The highest BCUT2D eigenvalue weighted by molar-refractivity contribution is 5.63. The van der Waals surface area contributed by atoms with Gasteiger partial charge >= 0.3 is 0 Å². The molecule has 1 aromatic rings. The van der Waals surface area contributed by atoms with E-state index in [0.717, 1.165) is 88.3 Å². The summed E-state index contributed by atoms with van der Waals surface area (Å²) in [5.41, 5.74) is 5.14. The van der Waals surface area contributed by atoms with Crippen molar-refractivity contribution in [3.8, 4) is 5.75 Å². The predicted octanol–water partition coefficient (Wildman–Crippen LogP) is 10.5. The Hall–Kier alpha value is -2.08. The van der Waals surface area contributed by atoms with Crippen LogP contribution in [0.4, 0.5) is 0 Å². The molecule has 45 heavy (non-hydrogen) atoms. The normalized spacial score (nSPS) is 16.5. The maximum absolute atomic E-state index is 6.02. The van der Waals surface area contributed by atoms with E-state index >= 15 is 0 Å². The largest absolute Gasteiger partial charge is 0.494 e.